The van der Waals surface area contributed by atoms with Gasteiger partial charge in [0.2, 0.25) is 11.8 Å². The van der Waals surface area contributed by atoms with Crippen molar-refractivity contribution in [3.8, 4) is 5.69 Å². The summed E-state index contributed by atoms with van der Waals surface area (Å²) in [6.45, 7) is 1.45. The summed E-state index contributed by atoms with van der Waals surface area (Å²) in [4.78, 5) is 52.8. The number of nitrogens with zero attached hydrogens (tertiary/aromatic N) is 8. The van der Waals surface area contributed by atoms with Crippen LogP contribution in [0.4, 0.5) is 0 Å². The van der Waals surface area contributed by atoms with Gasteiger partial charge in [-0.25, -0.2) is 4.68 Å². The molecule has 2 N–H and O–H groups in total. The number of carbonyl (C=O) groups is 4. The first-order valence-electron chi connectivity index (χ1n) is 11.7. The Morgan fingerprint density at radius 1 is 1.14 bits per heavy atom. The molecule has 2 fully saturated rings. The van der Waals surface area contributed by atoms with Crippen molar-refractivity contribution in [3.05, 3.63) is 47.0 Å². The molecule has 6 rings (SSSR count). The lowest BCUT2D eigenvalue weighted by Gasteiger charge is -2.29. The zero-order chi connectivity index (χ0) is 24.8. The minimum absolute atomic E-state index is 0.197. The molecule has 3 aromatic rings. The van der Waals surface area contributed by atoms with Crippen LogP contribution in [-0.2, 0) is 22.6 Å². The van der Waals surface area contributed by atoms with Crippen molar-refractivity contribution in [2.24, 2.45) is 5.92 Å². The highest BCUT2D eigenvalue weighted by atomic mass is 16.2. The van der Waals surface area contributed by atoms with E-state index in [1.165, 1.54) is 9.58 Å². The average Bonchev–Trinajstić information content (AvgIpc) is 3.67. The quantitative estimate of drug-likeness (QED) is 0.436. The summed E-state index contributed by atoms with van der Waals surface area (Å²) in [6.07, 6.45) is 3.57. The predicted octanol–water partition coefficient (Wildman–Crippen LogP) is -0.754. The maximum absolute atomic E-state index is 13.0. The van der Waals surface area contributed by atoms with Gasteiger partial charge in [-0.15, -0.1) is 15.3 Å². The van der Waals surface area contributed by atoms with Crippen LogP contribution in [0.2, 0.25) is 0 Å². The molecule has 2 saturated heterocycles. The molecule has 14 heteroatoms. The number of imide groups is 1. The van der Waals surface area contributed by atoms with Crippen LogP contribution in [0.1, 0.15) is 51.5 Å². The van der Waals surface area contributed by atoms with Crippen LogP contribution in [0, 0.1) is 5.92 Å². The fraction of sp³-hybridized carbons (Fsp3) is 0.409. The maximum atomic E-state index is 13.0. The lowest BCUT2D eigenvalue weighted by atomic mass is 10.0. The van der Waals surface area contributed by atoms with Crippen molar-refractivity contribution in [1.82, 2.24) is 50.7 Å². The Kier molecular flexibility index (Phi) is 5.27. The zero-order valence-corrected chi connectivity index (χ0v) is 19.1. The molecule has 3 aliphatic rings. The van der Waals surface area contributed by atoms with Crippen molar-refractivity contribution < 1.29 is 19.2 Å². The molecule has 2 unspecified atom stereocenters. The number of aromatic amines is 1. The summed E-state index contributed by atoms with van der Waals surface area (Å²) in [7, 11) is 0. The lowest BCUT2D eigenvalue weighted by Crippen LogP contribution is -2.52. The standard InChI is InChI=1S/C22H22N10O4/c33-19-4-3-17(20(34)23-19)31-10-13-8-14(1-2-15(13)21(31)35)32-11-16(24-29-32)22(36)30-6-5-12(9-30)7-18-25-27-28-26-18/h1-2,8,11-12,17H,3-7,9-10H2,(H,23,33,34)(H,25,26,27,28). The predicted molar refractivity (Wildman–Crippen MR) is 119 cm³/mol. The number of hydrogen-bond acceptors (Lipinski definition) is 9. The largest absolute Gasteiger partial charge is 0.337 e. The first-order valence-corrected chi connectivity index (χ1v) is 11.7. The van der Waals surface area contributed by atoms with Crippen LogP contribution < -0.4 is 5.32 Å². The third-order valence-electron chi connectivity index (χ3n) is 6.92. The van der Waals surface area contributed by atoms with Gasteiger partial charge < -0.3 is 9.80 Å². The summed E-state index contributed by atoms with van der Waals surface area (Å²) in [5.41, 5.74) is 2.13. The monoisotopic (exact) mass is 490 g/mol. The maximum Gasteiger partial charge on any atom is 0.276 e. The number of aromatic nitrogens is 7. The Morgan fingerprint density at radius 2 is 2.03 bits per heavy atom. The molecule has 36 heavy (non-hydrogen) atoms. The van der Waals surface area contributed by atoms with Crippen LogP contribution >= 0.6 is 0 Å². The molecule has 2 aromatic heterocycles. The molecule has 0 bridgehead atoms. The Hall–Kier alpha value is -4.49. The molecule has 3 aliphatic heterocycles. The number of tetrazole rings is 1. The lowest BCUT2D eigenvalue weighted by molar-refractivity contribution is -0.136. The molecule has 2 atom stereocenters. The van der Waals surface area contributed by atoms with Gasteiger partial charge in [0.05, 0.1) is 11.9 Å². The van der Waals surface area contributed by atoms with Crippen molar-refractivity contribution in [3.63, 3.8) is 0 Å². The molecular formula is C22H22N10O4. The third-order valence-corrected chi connectivity index (χ3v) is 6.92. The van der Waals surface area contributed by atoms with E-state index < -0.39 is 11.9 Å². The van der Waals surface area contributed by atoms with Gasteiger partial charge in [-0.1, -0.05) is 10.4 Å². The Bertz CT molecular complexity index is 1370. The summed E-state index contributed by atoms with van der Waals surface area (Å²) in [5, 5.41) is 24.5. The minimum atomic E-state index is -0.675. The molecule has 4 amide bonds. The van der Waals surface area contributed by atoms with Crippen LogP contribution in [0.3, 0.4) is 0 Å². The van der Waals surface area contributed by atoms with Gasteiger partial charge in [0.25, 0.3) is 11.8 Å². The van der Waals surface area contributed by atoms with Gasteiger partial charge in [-0.05, 0) is 42.5 Å². The van der Waals surface area contributed by atoms with Crippen molar-refractivity contribution in [2.75, 3.05) is 13.1 Å². The van der Waals surface area contributed by atoms with Crippen LogP contribution in [0.5, 0.6) is 0 Å². The SMILES string of the molecule is O=C1CCC(N2Cc3cc(-n4cc(C(=O)N5CCC(Cc6nn[nH]n6)C5)nn4)ccc3C2=O)C(=O)N1. The number of carbonyl (C=O) groups excluding carboxylic acids is 4. The molecule has 0 saturated carbocycles. The van der Waals surface area contributed by atoms with E-state index in [-0.39, 0.29) is 42.3 Å². The van der Waals surface area contributed by atoms with Crippen molar-refractivity contribution in [2.45, 2.75) is 38.3 Å². The number of rotatable bonds is 5. The third kappa shape index (κ3) is 3.89. The van der Waals surface area contributed by atoms with E-state index in [4.69, 9.17) is 0 Å². The zero-order valence-electron chi connectivity index (χ0n) is 19.1. The first kappa shape index (κ1) is 22.0. The normalized spacial score (nSPS) is 21.7. The average molecular weight is 490 g/mol. The van der Waals surface area contributed by atoms with E-state index in [0.29, 0.717) is 43.0 Å². The second kappa shape index (κ2) is 8.62. The molecule has 0 spiro atoms. The number of benzene rings is 1. The molecular weight excluding hydrogens is 468 g/mol. The van der Waals surface area contributed by atoms with Crippen LogP contribution in [-0.4, -0.2) is 88.2 Å². The van der Waals surface area contributed by atoms with E-state index in [1.54, 1.807) is 29.3 Å². The second-order valence-electron chi connectivity index (χ2n) is 9.23. The van der Waals surface area contributed by atoms with Gasteiger partial charge in [-0.3, -0.25) is 24.5 Å². The van der Waals surface area contributed by atoms with Crippen LogP contribution in [0.25, 0.3) is 5.69 Å². The van der Waals surface area contributed by atoms with Crippen molar-refractivity contribution >= 4 is 23.6 Å². The summed E-state index contributed by atoms with van der Waals surface area (Å²) in [6, 6.07) is 4.54. The number of H-pyrrole nitrogens is 1. The molecule has 5 heterocycles. The number of fused-ring (bicyclic) bond motifs is 1. The molecule has 14 nitrogen and oxygen atoms in total. The second-order valence-corrected chi connectivity index (χ2v) is 9.23. The van der Waals surface area contributed by atoms with Crippen LogP contribution in [0.15, 0.2) is 24.4 Å². The smallest absolute Gasteiger partial charge is 0.276 e. The van der Waals surface area contributed by atoms with Gasteiger partial charge >= 0.3 is 0 Å². The van der Waals surface area contributed by atoms with Gasteiger partial charge in [0.1, 0.15) is 6.04 Å². The van der Waals surface area contributed by atoms with E-state index in [1.807, 2.05) is 0 Å². The van der Waals surface area contributed by atoms with E-state index in [0.717, 1.165) is 12.0 Å². The summed E-state index contributed by atoms with van der Waals surface area (Å²) in [5.74, 6) is -0.332. The van der Waals surface area contributed by atoms with Gasteiger partial charge in [0.15, 0.2) is 11.5 Å². The highest BCUT2D eigenvalue weighted by Gasteiger charge is 2.39. The Balaban J connectivity index is 1.14. The van der Waals surface area contributed by atoms with E-state index in [9.17, 15) is 19.2 Å². The highest BCUT2D eigenvalue weighted by molar-refractivity contribution is 6.05. The molecule has 0 aliphatic carbocycles. The molecule has 184 valence electrons. The topological polar surface area (TPSA) is 172 Å². The van der Waals surface area contributed by atoms with Gasteiger partial charge in [0, 0.05) is 38.0 Å². The highest BCUT2D eigenvalue weighted by Crippen LogP contribution is 2.29. The van der Waals surface area contributed by atoms with E-state index in [2.05, 4.69) is 36.3 Å². The van der Waals surface area contributed by atoms with Crippen molar-refractivity contribution in [1.29, 1.82) is 0 Å². The number of nitrogens with one attached hydrogen (secondary N) is 2. The summed E-state index contributed by atoms with van der Waals surface area (Å²) >= 11 is 0. The number of amides is 4. The first-order chi connectivity index (χ1) is 17.5. The number of piperidine rings is 1. The van der Waals surface area contributed by atoms with Gasteiger partial charge in [-0.2, -0.15) is 5.21 Å². The Morgan fingerprint density at radius 3 is 2.83 bits per heavy atom. The number of likely N-dealkylation sites (tertiary alicyclic amines) is 1. The fourth-order valence-electron chi connectivity index (χ4n) is 5.06. The number of hydrogen-bond donors (Lipinski definition) is 2. The summed E-state index contributed by atoms with van der Waals surface area (Å²) < 4.78 is 1.50. The Labute approximate surface area is 204 Å². The minimum Gasteiger partial charge on any atom is -0.337 e. The molecule has 1 aromatic carbocycles. The molecule has 0 radical (unpaired) electrons. The fourth-order valence-corrected chi connectivity index (χ4v) is 5.06. The van der Waals surface area contributed by atoms with E-state index >= 15 is 0 Å².